The average Bonchev–Trinajstić information content (AvgIpc) is 2.73. The van der Waals surface area contributed by atoms with Gasteiger partial charge in [-0.1, -0.05) is 13.3 Å². The molecule has 7 heteroatoms. The highest BCUT2D eigenvalue weighted by atomic mass is 16.5. The van der Waals surface area contributed by atoms with E-state index in [1.54, 1.807) is 49.6 Å². The molecule has 0 aliphatic carbocycles. The Morgan fingerprint density at radius 3 is 2.38 bits per heavy atom. The molecule has 2 aromatic rings. The molecule has 0 aliphatic rings. The normalized spacial score (nSPS) is 10.2. The van der Waals surface area contributed by atoms with Gasteiger partial charge in [0.05, 0.1) is 13.7 Å². The molecule has 0 saturated carbocycles. The van der Waals surface area contributed by atoms with Crippen LogP contribution in [0.4, 0.5) is 5.69 Å². The van der Waals surface area contributed by atoms with E-state index in [9.17, 15) is 9.59 Å². The van der Waals surface area contributed by atoms with E-state index < -0.39 is 0 Å². The Labute approximate surface area is 171 Å². The molecule has 2 aromatic carbocycles. The molecule has 29 heavy (non-hydrogen) atoms. The van der Waals surface area contributed by atoms with Crippen LogP contribution >= 0.6 is 0 Å². The number of anilines is 1. The minimum atomic E-state index is -0.264. The topological polar surface area (TPSA) is 85.9 Å². The number of rotatable bonds is 11. The lowest BCUT2D eigenvalue weighted by Gasteiger charge is -2.12. The molecule has 0 bridgehead atoms. The van der Waals surface area contributed by atoms with Gasteiger partial charge >= 0.3 is 0 Å². The average molecular weight is 400 g/mol. The van der Waals surface area contributed by atoms with Crippen molar-refractivity contribution in [1.29, 1.82) is 0 Å². The van der Waals surface area contributed by atoms with Crippen molar-refractivity contribution >= 4 is 17.5 Å². The highest BCUT2D eigenvalue weighted by molar-refractivity contribution is 6.04. The zero-order chi connectivity index (χ0) is 21.1. The van der Waals surface area contributed by atoms with Crippen molar-refractivity contribution in [3.8, 4) is 17.2 Å². The largest absolute Gasteiger partial charge is 0.493 e. The number of benzene rings is 2. The molecular weight excluding hydrogens is 372 g/mol. The monoisotopic (exact) mass is 400 g/mol. The summed E-state index contributed by atoms with van der Waals surface area (Å²) in [5, 5.41) is 5.48. The molecule has 0 aromatic heterocycles. The Bertz CT molecular complexity index is 805. The Hall–Kier alpha value is -3.22. The fraction of sp³-hybridized carbons (Fsp3) is 0.364. The van der Waals surface area contributed by atoms with Gasteiger partial charge in [0, 0.05) is 17.8 Å². The van der Waals surface area contributed by atoms with Crippen LogP contribution in [0.25, 0.3) is 0 Å². The van der Waals surface area contributed by atoms with Crippen LogP contribution in [-0.2, 0) is 4.79 Å². The van der Waals surface area contributed by atoms with E-state index in [0.717, 1.165) is 12.8 Å². The summed E-state index contributed by atoms with van der Waals surface area (Å²) in [5.74, 6) is 1.24. The number of likely N-dealkylation sites (N-methyl/N-ethyl adjacent to an activating group) is 1. The number of hydrogen-bond donors (Lipinski definition) is 2. The van der Waals surface area contributed by atoms with Gasteiger partial charge in [-0.25, -0.2) is 0 Å². The van der Waals surface area contributed by atoms with Crippen molar-refractivity contribution in [1.82, 2.24) is 5.32 Å². The standard InChI is InChI=1S/C22H28N2O5/c1-4-6-13-28-19-12-7-16(14-20(19)27-3)22(26)24-17-8-10-18(11-9-17)29-15-21(25)23-5-2/h7-12,14H,4-6,13,15H2,1-3H3,(H,23,25)(H,24,26). The lowest BCUT2D eigenvalue weighted by Crippen LogP contribution is -2.28. The summed E-state index contributed by atoms with van der Waals surface area (Å²) in [6, 6.07) is 11.9. The predicted molar refractivity (Wildman–Crippen MR) is 112 cm³/mol. The summed E-state index contributed by atoms with van der Waals surface area (Å²) in [6.07, 6.45) is 1.99. The molecule has 0 unspecified atom stereocenters. The van der Waals surface area contributed by atoms with Gasteiger partial charge in [0.2, 0.25) is 0 Å². The van der Waals surface area contributed by atoms with E-state index in [-0.39, 0.29) is 18.4 Å². The number of hydrogen-bond acceptors (Lipinski definition) is 5. The lowest BCUT2D eigenvalue weighted by molar-refractivity contribution is -0.122. The molecule has 7 nitrogen and oxygen atoms in total. The van der Waals surface area contributed by atoms with E-state index in [4.69, 9.17) is 14.2 Å². The fourth-order valence-corrected chi connectivity index (χ4v) is 2.49. The van der Waals surface area contributed by atoms with Crippen LogP contribution in [0.2, 0.25) is 0 Å². The third kappa shape index (κ3) is 7.03. The zero-order valence-corrected chi connectivity index (χ0v) is 17.1. The van der Waals surface area contributed by atoms with Crippen LogP contribution in [0.1, 0.15) is 37.0 Å². The van der Waals surface area contributed by atoms with Gasteiger partial charge < -0.3 is 24.8 Å². The predicted octanol–water partition coefficient (Wildman–Crippen LogP) is 3.64. The summed E-state index contributed by atoms with van der Waals surface area (Å²) in [7, 11) is 1.54. The second kappa shape index (κ2) is 11.6. The maximum atomic E-state index is 12.5. The number of methoxy groups -OCH3 is 1. The fourth-order valence-electron chi connectivity index (χ4n) is 2.49. The Morgan fingerprint density at radius 2 is 1.72 bits per heavy atom. The summed E-state index contributed by atoms with van der Waals surface area (Å²) >= 11 is 0. The molecule has 0 aliphatic heterocycles. The molecule has 0 fully saturated rings. The molecule has 2 rings (SSSR count). The van der Waals surface area contributed by atoms with Crippen LogP contribution < -0.4 is 24.8 Å². The van der Waals surface area contributed by atoms with Gasteiger partial charge in [-0.3, -0.25) is 9.59 Å². The van der Waals surface area contributed by atoms with Gasteiger partial charge in [0.25, 0.3) is 11.8 Å². The quantitative estimate of drug-likeness (QED) is 0.563. The van der Waals surface area contributed by atoms with Crippen LogP contribution in [0, 0.1) is 0 Å². The molecule has 156 valence electrons. The maximum absolute atomic E-state index is 12.5. The third-order valence-corrected chi connectivity index (χ3v) is 4.04. The highest BCUT2D eigenvalue weighted by Crippen LogP contribution is 2.28. The first kappa shape index (κ1) is 22.1. The van der Waals surface area contributed by atoms with Gasteiger partial charge in [0.1, 0.15) is 5.75 Å². The van der Waals surface area contributed by atoms with E-state index in [0.29, 0.717) is 41.7 Å². The van der Waals surface area contributed by atoms with Crippen LogP contribution in [0.3, 0.4) is 0 Å². The molecule has 0 radical (unpaired) electrons. The van der Waals surface area contributed by atoms with E-state index >= 15 is 0 Å². The molecule has 2 N–H and O–H groups in total. The molecule has 0 saturated heterocycles. The van der Waals surface area contributed by atoms with Crippen molar-refractivity contribution in [2.45, 2.75) is 26.7 Å². The van der Waals surface area contributed by atoms with Crippen molar-refractivity contribution in [2.24, 2.45) is 0 Å². The third-order valence-electron chi connectivity index (χ3n) is 4.04. The van der Waals surface area contributed by atoms with Gasteiger partial charge in [-0.15, -0.1) is 0 Å². The molecular formula is C22H28N2O5. The molecule has 0 atom stereocenters. The number of amides is 2. The number of carbonyl (C=O) groups is 2. The van der Waals surface area contributed by atoms with Gasteiger partial charge in [0.15, 0.2) is 18.1 Å². The van der Waals surface area contributed by atoms with Crippen molar-refractivity contribution in [2.75, 3.05) is 32.2 Å². The summed E-state index contributed by atoms with van der Waals surface area (Å²) in [4.78, 5) is 24.0. The maximum Gasteiger partial charge on any atom is 0.257 e. The SMILES string of the molecule is CCCCOc1ccc(C(=O)Nc2ccc(OCC(=O)NCC)cc2)cc1OC. The highest BCUT2D eigenvalue weighted by Gasteiger charge is 2.12. The van der Waals surface area contributed by atoms with E-state index in [1.165, 1.54) is 0 Å². The second-order valence-electron chi connectivity index (χ2n) is 6.29. The number of unbranched alkanes of at least 4 members (excludes halogenated alkanes) is 1. The Morgan fingerprint density at radius 1 is 0.966 bits per heavy atom. The van der Waals surface area contributed by atoms with Crippen LogP contribution in [0.5, 0.6) is 17.2 Å². The summed E-state index contributed by atoms with van der Waals surface area (Å²) in [6.45, 7) is 5.05. The number of nitrogens with one attached hydrogen (secondary N) is 2. The summed E-state index contributed by atoms with van der Waals surface area (Å²) in [5.41, 5.74) is 1.07. The molecule has 2 amide bonds. The van der Waals surface area contributed by atoms with E-state index in [1.807, 2.05) is 6.92 Å². The molecule has 0 spiro atoms. The molecule has 0 heterocycles. The van der Waals surface area contributed by atoms with Crippen LogP contribution in [0.15, 0.2) is 42.5 Å². The first-order valence-electron chi connectivity index (χ1n) is 9.69. The Kier molecular flexibility index (Phi) is 8.82. The van der Waals surface area contributed by atoms with Crippen molar-refractivity contribution in [3.63, 3.8) is 0 Å². The van der Waals surface area contributed by atoms with Gasteiger partial charge in [-0.05, 0) is 55.8 Å². The first-order chi connectivity index (χ1) is 14.1. The first-order valence-corrected chi connectivity index (χ1v) is 9.69. The Balaban J connectivity index is 1.96. The number of ether oxygens (including phenoxy) is 3. The smallest absolute Gasteiger partial charge is 0.257 e. The second-order valence-corrected chi connectivity index (χ2v) is 6.29. The lowest BCUT2D eigenvalue weighted by atomic mass is 10.1. The van der Waals surface area contributed by atoms with Crippen molar-refractivity contribution in [3.05, 3.63) is 48.0 Å². The van der Waals surface area contributed by atoms with Gasteiger partial charge in [-0.2, -0.15) is 0 Å². The zero-order valence-electron chi connectivity index (χ0n) is 17.1. The van der Waals surface area contributed by atoms with E-state index in [2.05, 4.69) is 17.6 Å². The summed E-state index contributed by atoms with van der Waals surface area (Å²) < 4.78 is 16.4. The number of carbonyl (C=O) groups excluding carboxylic acids is 2. The minimum absolute atomic E-state index is 0.0496. The van der Waals surface area contributed by atoms with Crippen molar-refractivity contribution < 1.29 is 23.8 Å². The van der Waals surface area contributed by atoms with Crippen LogP contribution in [-0.4, -0.2) is 38.7 Å². The minimum Gasteiger partial charge on any atom is -0.493 e.